The Morgan fingerprint density at radius 2 is 2.28 bits per heavy atom. The molecule has 134 valence electrons. The summed E-state index contributed by atoms with van der Waals surface area (Å²) in [7, 11) is 0. The molecule has 0 saturated carbocycles. The standard InChI is InChI=1S/C16H17F2N3O3S/c1-9-13(19-6-7-23-9)14(22)21-16-20-11(8-25-16)10-4-2-3-5-12(10)24-15(17)18/h2-5,8-9,13,15,19H,6-7H2,1H3,(H,20,21,22)/t9-,13+/m1/s1. The molecule has 6 nitrogen and oxygen atoms in total. The van der Waals surface area contributed by atoms with Crippen LogP contribution in [0.4, 0.5) is 13.9 Å². The van der Waals surface area contributed by atoms with Gasteiger partial charge in [-0.05, 0) is 19.1 Å². The summed E-state index contributed by atoms with van der Waals surface area (Å²) >= 11 is 1.21. The number of hydrogen-bond acceptors (Lipinski definition) is 6. The monoisotopic (exact) mass is 369 g/mol. The van der Waals surface area contributed by atoms with Crippen molar-refractivity contribution in [3.63, 3.8) is 0 Å². The lowest BCUT2D eigenvalue weighted by Gasteiger charge is -2.28. The Morgan fingerprint density at radius 3 is 3.04 bits per heavy atom. The number of carbonyl (C=O) groups is 1. The molecule has 1 fully saturated rings. The summed E-state index contributed by atoms with van der Waals surface area (Å²) in [6.45, 7) is 0.0662. The van der Waals surface area contributed by atoms with E-state index in [-0.39, 0.29) is 17.8 Å². The van der Waals surface area contributed by atoms with E-state index < -0.39 is 12.7 Å². The van der Waals surface area contributed by atoms with E-state index in [0.717, 1.165) is 0 Å². The molecule has 1 aromatic heterocycles. The van der Waals surface area contributed by atoms with Gasteiger partial charge >= 0.3 is 6.61 Å². The number of hydrogen-bond donors (Lipinski definition) is 2. The average Bonchev–Trinajstić information content (AvgIpc) is 3.03. The van der Waals surface area contributed by atoms with Gasteiger partial charge in [0.05, 0.1) is 18.4 Å². The summed E-state index contributed by atoms with van der Waals surface area (Å²) in [4.78, 5) is 16.6. The minimum Gasteiger partial charge on any atom is -0.434 e. The fraction of sp³-hybridized carbons (Fsp3) is 0.375. The van der Waals surface area contributed by atoms with Gasteiger partial charge in [0, 0.05) is 17.5 Å². The fourth-order valence-corrected chi connectivity index (χ4v) is 3.26. The van der Waals surface area contributed by atoms with E-state index >= 15 is 0 Å². The van der Waals surface area contributed by atoms with Gasteiger partial charge < -0.3 is 20.1 Å². The zero-order chi connectivity index (χ0) is 17.8. The van der Waals surface area contributed by atoms with Crippen LogP contribution in [0.3, 0.4) is 0 Å². The van der Waals surface area contributed by atoms with Crippen molar-refractivity contribution in [1.82, 2.24) is 10.3 Å². The van der Waals surface area contributed by atoms with Crippen LogP contribution in [0, 0.1) is 0 Å². The van der Waals surface area contributed by atoms with Crippen molar-refractivity contribution < 1.29 is 23.0 Å². The Hall–Kier alpha value is -2.10. The lowest BCUT2D eigenvalue weighted by Crippen LogP contribution is -2.53. The number of halogens is 2. The second kappa shape index (κ2) is 7.85. The normalized spacial score (nSPS) is 20.5. The number of morpholine rings is 1. The van der Waals surface area contributed by atoms with E-state index in [0.29, 0.717) is 29.5 Å². The fourth-order valence-electron chi connectivity index (χ4n) is 2.54. The molecule has 2 heterocycles. The zero-order valence-electron chi connectivity index (χ0n) is 13.4. The second-order valence-electron chi connectivity index (χ2n) is 5.41. The van der Waals surface area contributed by atoms with Crippen LogP contribution in [0.5, 0.6) is 5.75 Å². The molecule has 1 aromatic carbocycles. The van der Waals surface area contributed by atoms with E-state index in [1.807, 2.05) is 6.92 Å². The maximum absolute atomic E-state index is 12.5. The average molecular weight is 369 g/mol. The Morgan fingerprint density at radius 1 is 1.48 bits per heavy atom. The second-order valence-corrected chi connectivity index (χ2v) is 6.27. The van der Waals surface area contributed by atoms with E-state index in [4.69, 9.17) is 4.74 Å². The molecule has 1 amide bonds. The number of ether oxygens (including phenoxy) is 2. The number of rotatable bonds is 5. The Kier molecular flexibility index (Phi) is 5.57. The first-order chi connectivity index (χ1) is 12.0. The summed E-state index contributed by atoms with van der Waals surface area (Å²) in [6.07, 6.45) is -0.242. The predicted octanol–water partition coefficient (Wildman–Crippen LogP) is 2.73. The van der Waals surface area contributed by atoms with Gasteiger partial charge in [0.15, 0.2) is 5.13 Å². The highest BCUT2D eigenvalue weighted by atomic mass is 32.1. The smallest absolute Gasteiger partial charge is 0.387 e. The molecular weight excluding hydrogens is 352 g/mol. The van der Waals surface area contributed by atoms with Crippen molar-refractivity contribution in [3.05, 3.63) is 29.6 Å². The van der Waals surface area contributed by atoms with Gasteiger partial charge in [-0.1, -0.05) is 12.1 Å². The topological polar surface area (TPSA) is 72.5 Å². The van der Waals surface area contributed by atoms with Crippen LogP contribution in [-0.4, -0.2) is 42.8 Å². The molecule has 25 heavy (non-hydrogen) atoms. The van der Waals surface area contributed by atoms with Crippen LogP contribution in [0.1, 0.15) is 6.92 Å². The summed E-state index contributed by atoms with van der Waals surface area (Å²) in [5.74, 6) is -0.207. The molecule has 0 spiro atoms. The first-order valence-corrected chi connectivity index (χ1v) is 8.58. The van der Waals surface area contributed by atoms with E-state index in [9.17, 15) is 13.6 Å². The molecule has 9 heteroatoms. The largest absolute Gasteiger partial charge is 0.434 e. The van der Waals surface area contributed by atoms with Crippen molar-refractivity contribution in [3.8, 4) is 17.0 Å². The number of benzene rings is 1. The Balaban J connectivity index is 1.74. The predicted molar refractivity (Wildman–Crippen MR) is 90.0 cm³/mol. The molecule has 0 unspecified atom stereocenters. The quantitative estimate of drug-likeness (QED) is 0.848. The van der Waals surface area contributed by atoms with Gasteiger partial charge in [0.1, 0.15) is 11.8 Å². The van der Waals surface area contributed by atoms with Crippen molar-refractivity contribution in [1.29, 1.82) is 0 Å². The molecule has 2 aromatic rings. The molecule has 3 rings (SSSR count). The van der Waals surface area contributed by atoms with Crippen LogP contribution in [-0.2, 0) is 9.53 Å². The number of nitrogens with one attached hydrogen (secondary N) is 2. The van der Waals surface area contributed by atoms with Crippen molar-refractivity contribution >= 4 is 22.4 Å². The summed E-state index contributed by atoms with van der Waals surface area (Å²) < 4.78 is 35.0. The highest BCUT2D eigenvalue weighted by Gasteiger charge is 2.28. The minimum atomic E-state index is -2.92. The van der Waals surface area contributed by atoms with E-state index in [2.05, 4.69) is 20.4 Å². The van der Waals surface area contributed by atoms with Crippen LogP contribution < -0.4 is 15.4 Å². The number of carbonyl (C=O) groups excluding carboxylic acids is 1. The number of nitrogens with zero attached hydrogens (tertiary/aromatic N) is 1. The maximum Gasteiger partial charge on any atom is 0.387 e. The third-order valence-electron chi connectivity index (χ3n) is 3.71. The first-order valence-electron chi connectivity index (χ1n) is 7.70. The van der Waals surface area contributed by atoms with E-state index in [1.165, 1.54) is 17.4 Å². The number of thiazole rings is 1. The van der Waals surface area contributed by atoms with Gasteiger partial charge in [0.25, 0.3) is 0 Å². The molecule has 0 bridgehead atoms. The Labute approximate surface area is 147 Å². The number of anilines is 1. The maximum atomic E-state index is 12.5. The van der Waals surface area contributed by atoms with Crippen molar-refractivity contribution in [2.24, 2.45) is 0 Å². The highest BCUT2D eigenvalue weighted by molar-refractivity contribution is 7.14. The van der Waals surface area contributed by atoms with Gasteiger partial charge in [0.2, 0.25) is 5.91 Å². The molecular formula is C16H17F2N3O3S. The van der Waals surface area contributed by atoms with Crippen LogP contribution in [0.25, 0.3) is 11.3 Å². The first kappa shape index (κ1) is 17.7. The number of amides is 1. The lowest BCUT2D eigenvalue weighted by atomic mass is 10.1. The molecule has 1 aliphatic rings. The van der Waals surface area contributed by atoms with Crippen LogP contribution >= 0.6 is 11.3 Å². The molecule has 1 saturated heterocycles. The summed E-state index contributed by atoms with van der Waals surface area (Å²) in [5.41, 5.74) is 0.893. The third kappa shape index (κ3) is 4.30. The molecule has 1 aliphatic heterocycles. The SMILES string of the molecule is C[C@H]1OCCN[C@@H]1C(=O)Nc1nc(-c2ccccc2OC(F)F)cs1. The van der Waals surface area contributed by atoms with Crippen LogP contribution in [0.15, 0.2) is 29.6 Å². The van der Waals surface area contributed by atoms with Gasteiger partial charge in [-0.3, -0.25) is 4.79 Å². The van der Waals surface area contributed by atoms with Crippen molar-refractivity contribution in [2.45, 2.75) is 25.7 Å². The number of alkyl halides is 2. The molecule has 0 aliphatic carbocycles. The number of para-hydroxylation sites is 1. The zero-order valence-corrected chi connectivity index (χ0v) is 14.2. The van der Waals surface area contributed by atoms with Gasteiger partial charge in [-0.15, -0.1) is 11.3 Å². The van der Waals surface area contributed by atoms with E-state index in [1.54, 1.807) is 23.6 Å². The number of aromatic nitrogens is 1. The van der Waals surface area contributed by atoms with Gasteiger partial charge in [-0.25, -0.2) is 4.98 Å². The Bertz CT molecular complexity index is 741. The van der Waals surface area contributed by atoms with Gasteiger partial charge in [-0.2, -0.15) is 8.78 Å². The molecule has 2 atom stereocenters. The molecule has 2 N–H and O–H groups in total. The van der Waals surface area contributed by atoms with Crippen molar-refractivity contribution in [2.75, 3.05) is 18.5 Å². The van der Waals surface area contributed by atoms with Crippen LogP contribution in [0.2, 0.25) is 0 Å². The lowest BCUT2D eigenvalue weighted by molar-refractivity contribution is -0.123. The third-order valence-corrected chi connectivity index (χ3v) is 4.47. The minimum absolute atomic E-state index is 0.0386. The summed E-state index contributed by atoms with van der Waals surface area (Å²) in [5, 5.41) is 7.88. The summed E-state index contributed by atoms with van der Waals surface area (Å²) in [6, 6.07) is 5.93. The molecule has 0 radical (unpaired) electrons. The highest BCUT2D eigenvalue weighted by Crippen LogP contribution is 2.33.